The van der Waals surface area contributed by atoms with Gasteiger partial charge in [-0.3, -0.25) is 0 Å². The zero-order chi connectivity index (χ0) is 26.2. The molecule has 1 saturated heterocycles. The number of carbonyl (C=O) groups excluding carboxylic acids is 1. The van der Waals surface area contributed by atoms with Gasteiger partial charge in [0.2, 0.25) is 0 Å². The van der Waals surface area contributed by atoms with Gasteiger partial charge in [0.05, 0.1) is 25.4 Å². The molecular formula is C32H34ClNO5. The fourth-order valence-corrected chi connectivity index (χ4v) is 4.83. The van der Waals surface area contributed by atoms with E-state index in [4.69, 9.17) is 18.9 Å². The monoisotopic (exact) mass is 547 g/mol. The lowest BCUT2D eigenvalue weighted by Gasteiger charge is -2.32. The largest absolute Gasteiger partial charge is 0.497 e. The van der Waals surface area contributed by atoms with Crippen molar-refractivity contribution in [3.8, 4) is 11.5 Å². The average Bonchev–Trinajstić information content (AvgIpc) is 2.98. The fraction of sp³-hybridized carbons (Fsp3) is 0.281. The number of carbonyl (C=O) groups is 1. The van der Waals surface area contributed by atoms with E-state index in [9.17, 15) is 4.79 Å². The molecule has 1 N–H and O–H groups in total. The highest BCUT2D eigenvalue weighted by Gasteiger charge is 2.27. The predicted octanol–water partition coefficient (Wildman–Crippen LogP) is 6.17. The van der Waals surface area contributed by atoms with Crippen LogP contribution in [0.5, 0.6) is 11.5 Å². The number of hydrogen-bond donors (Lipinski definition) is 1. The van der Waals surface area contributed by atoms with E-state index < -0.39 is 0 Å². The smallest absolute Gasteiger partial charge is 0.338 e. The van der Waals surface area contributed by atoms with Crippen LogP contribution in [-0.4, -0.2) is 45.5 Å². The summed E-state index contributed by atoms with van der Waals surface area (Å²) in [7, 11) is 1.59. The fourth-order valence-electron chi connectivity index (χ4n) is 4.83. The molecule has 5 rings (SSSR count). The Morgan fingerprint density at radius 2 is 1.62 bits per heavy atom. The number of esters is 1. The van der Waals surface area contributed by atoms with Crippen LogP contribution in [0.2, 0.25) is 0 Å². The molecule has 6 nitrogen and oxygen atoms in total. The van der Waals surface area contributed by atoms with Crippen molar-refractivity contribution in [1.29, 1.82) is 0 Å². The molecule has 1 aliphatic heterocycles. The zero-order valence-electron chi connectivity index (χ0n) is 22.0. The van der Waals surface area contributed by atoms with E-state index in [0.29, 0.717) is 23.8 Å². The first-order valence-corrected chi connectivity index (χ1v) is 13.0. The molecule has 39 heavy (non-hydrogen) atoms. The van der Waals surface area contributed by atoms with E-state index in [1.54, 1.807) is 31.4 Å². The SMILES string of the molecule is COc1ccc(C(=O)OCCOc2ccc(C3CCNCC3OCc3ccc4ccccc4c3)cc2)cc1.Cl. The van der Waals surface area contributed by atoms with E-state index in [1.807, 2.05) is 12.1 Å². The summed E-state index contributed by atoms with van der Waals surface area (Å²) in [5, 5.41) is 5.95. The summed E-state index contributed by atoms with van der Waals surface area (Å²) in [6.45, 7) is 2.84. The predicted molar refractivity (Wildman–Crippen MR) is 155 cm³/mol. The van der Waals surface area contributed by atoms with Gasteiger partial charge < -0.3 is 24.3 Å². The maximum absolute atomic E-state index is 12.2. The van der Waals surface area contributed by atoms with E-state index in [0.717, 1.165) is 25.3 Å². The van der Waals surface area contributed by atoms with Gasteiger partial charge in [0, 0.05) is 12.5 Å². The summed E-state index contributed by atoms with van der Waals surface area (Å²) >= 11 is 0. The van der Waals surface area contributed by atoms with Gasteiger partial charge in [0.15, 0.2) is 0 Å². The average molecular weight is 548 g/mol. The van der Waals surface area contributed by atoms with E-state index >= 15 is 0 Å². The third-order valence-electron chi connectivity index (χ3n) is 6.92. The van der Waals surface area contributed by atoms with Crippen LogP contribution in [0, 0.1) is 0 Å². The van der Waals surface area contributed by atoms with Gasteiger partial charge >= 0.3 is 5.97 Å². The molecule has 1 aliphatic rings. The molecule has 0 amide bonds. The molecule has 4 aromatic rings. The third-order valence-corrected chi connectivity index (χ3v) is 6.92. The Morgan fingerprint density at radius 1 is 0.872 bits per heavy atom. The topological polar surface area (TPSA) is 66.0 Å². The van der Waals surface area contributed by atoms with Gasteiger partial charge in [0.25, 0.3) is 0 Å². The highest BCUT2D eigenvalue weighted by atomic mass is 35.5. The number of fused-ring (bicyclic) bond motifs is 1. The minimum absolute atomic E-state index is 0. The number of benzene rings is 4. The Labute approximate surface area is 235 Å². The Bertz CT molecular complexity index is 1340. The van der Waals surface area contributed by atoms with Crippen molar-refractivity contribution in [2.45, 2.75) is 25.0 Å². The standard InChI is InChI=1S/C32H33NO5.ClH/c1-35-28-12-10-26(11-13-28)32(34)37-19-18-36-29-14-8-25(9-15-29)30-16-17-33-21-31(30)38-22-23-6-7-24-4-2-3-5-27(24)20-23;/h2-15,20,30-31,33H,16-19,21-22H2,1H3;1H. The summed E-state index contributed by atoms with van der Waals surface area (Å²) in [5.74, 6) is 1.38. The van der Waals surface area contributed by atoms with Crippen molar-refractivity contribution in [2.75, 3.05) is 33.4 Å². The van der Waals surface area contributed by atoms with Crippen LogP contribution in [0.15, 0.2) is 91.0 Å². The summed E-state index contributed by atoms with van der Waals surface area (Å²) in [4.78, 5) is 12.2. The van der Waals surface area contributed by atoms with E-state index in [1.165, 1.54) is 21.9 Å². The molecule has 0 radical (unpaired) electrons. The summed E-state index contributed by atoms with van der Waals surface area (Å²) in [6, 6.07) is 29.9. The molecule has 0 spiro atoms. The van der Waals surface area contributed by atoms with Gasteiger partial charge in [-0.05, 0) is 77.3 Å². The van der Waals surface area contributed by atoms with Crippen molar-refractivity contribution in [3.63, 3.8) is 0 Å². The van der Waals surface area contributed by atoms with Gasteiger partial charge in [0.1, 0.15) is 24.7 Å². The van der Waals surface area contributed by atoms with Crippen molar-refractivity contribution >= 4 is 29.1 Å². The molecule has 4 aromatic carbocycles. The molecule has 7 heteroatoms. The van der Waals surface area contributed by atoms with E-state index in [-0.39, 0.29) is 37.7 Å². The molecule has 0 aliphatic carbocycles. The second-order valence-electron chi connectivity index (χ2n) is 9.41. The number of hydrogen-bond acceptors (Lipinski definition) is 6. The molecule has 2 atom stereocenters. The minimum atomic E-state index is -0.382. The number of nitrogens with one attached hydrogen (secondary N) is 1. The molecule has 0 bridgehead atoms. The summed E-state index contributed by atoms with van der Waals surface area (Å²) in [6.07, 6.45) is 1.11. The van der Waals surface area contributed by atoms with Crippen LogP contribution in [-0.2, 0) is 16.1 Å². The van der Waals surface area contributed by atoms with Gasteiger partial charge in [-0.15, -0.1) is 12.4 Å². The number of methoxy groups -OCH3 is 1. The Balaban J connectivity index is 0.00000353. The van der Waals surface area contributed by atoms with Gasteiger partial charge in [-0.1, -0.05) is 48.5 Å². The second-order valence-corrected chi connectivity index (χ2v) is 9.41. The van der Waals surface area contributed by atoms with Crippen LogP contribution in [0.3, 0.4) is 0 Å². The van der Waals surface area contributed by atoms with Crippen molar-refractivity contribution in [2.24, 2.45) is 0 Å². The molecule has 1 fully saturated rings. The number of halogens is 1. The van der Waals surface area contributed by atoms with Crippen LogP contribution in [0.25, 0.3) is 10.8 Å². The van der Waals surface area contributed by atoms with E-state index in [2.05, 4.69) is 59.9 Å². The molecular weight excluding hydrogens is 514 g/mol. The van der Waals surface area contributed by atoms with Gasteiger partial charge in [-0.2, -0.15) is 0 Å². The third kappa shape index (κ3) is 7.51. The summed E-state index contributed by atoms with van der Waals surface area (Å²) < 4.78 is 22.6. The Morgan fingerprint density at radius 3 is 2.38 bits per heavy atom. The van der Waals surface area contributed by atoms with Crippen molar-refractivity contribution in [3.05, 3.63) is 108 Å². The lowest BCUT2D eigenvalue weighted by atomic mass is 9.87. The zero-order valence-corrected chi connectivity index (χ0v) is 22.8. The first-order valence-electron chi connectivity index (χ1n) is 13.0. The number of rotatable bonds is 10. The number of ether oxygens (including phenoxy) is 4. The quantitative estimate of drug-likeness (QED) is 0.189. The molecule has 2 unspecified atom stereocenters. The van der Waals surface area contributed by atoms with Crippen LogP contribution >= 0.6 is 12.4 Å². The van der Waals surface area contributed by atoms with Gasteiger partial charge in [-0.25, -0.2) is 4.79 Å². The summed E-state index contributed by atoms with van der Waals surface area (Å²) in [5.41, 5.74) is 2.91. The molecule has 1 heterocycles. The highest BCUT2D eigenvalue weighted by molar-refractivity contribution is 5.89. The molecule has 0 saturated carbocycles. The normalized spacial score (nSPS) is 16.7. The minimum Gasteiger partial charge on any atom is -0.497 e. The highest BCUT2D eigenvalue weighted by Crippen LogP contribution is 2.30. The van der Waals surface area contributed by atoms with Crippen molar-refractivity contribution < 1.29 is 23.7 Å². The van der Waals surface area contributed by atoms with Crippen LogP contribution < -0.4 is 14.8 Å². The maximum Gasteiger partial charge on any atom is 0.338 e. The molecule has 204 valence electrons. The maximum atomic E-state index is 12.2. The lowest BCUT2D eigenvalue weighted by Crippen LogP contribution is -2.40. The van der Waals surface area contributed by atoms with Crippen LogP contribution in [0.4, 0.5) is 0 Å². The Kier molecular flexibility index (Phi) is 10.2. The first-order chi connectivity index (χ1) is 18.7. The lowest BCUT2D eigenvalue weighted by molar-refractivity contribution is 0.0106. The number of piperidine rings is 1. The van der Waals surface area contributed by atoms with Crippen LogP contribution in [0.1, 0.15) is 33.8 Å². The Hall–Kier alpha value is -3.58. The molecule has 0 aromatic heterocycles. The second kappa shape index (κ2) is 14.0. The first kappa shape index (κ1) is 28.4. The van der Waals surface area contributed by atoms with Crippen molar-refractivity contribution in [1.82, 2.24) is 5.32 Å².